The van der Waals surface area contributed by atoms with E-state index in [1.165, 1.54) is 33.4 Å². The lowest BCUT2D eigenvalue weighted by Crippen LogP contribution is -2.51. The third-order valence-electron chi connectivity index (χ3n) is 14.2. The molecule has 0 aliphatic carbocycles. The van der Waals surface area contributed by atoms with E-state index < -0.39 is 95.1 Å². The molecule has 0 aliphatic rings. The molecule has 0 radical (unpaired) electrons. The zero-order valence-corrected chi connectivity index (χ0v) is 47.4. The first-order valence-electron chi connectivity index (χ1n) is 27.5. The average molecular weight is 1090 g/mol. The second kappa shape index (κ2) is 29.9. The van der Waals surface area contributed by atoms with Crippen molar-refractivity contribution in [2.45, 2.75) is 142 Å². The topological polar surface area (TPSA) is 222 Å². The van der Waals surface area contributed by atoms with Crippen LogP contribution in [0.3, 0.4) is 0 Å². The van der Waals surface area contributed by atoms with Gasteiger partial charge in [0.2, 0.25) is 23.6 Å². The average Bonchev–Trinajstić information content (AvgIpc) is 3.52. The van der Waals surface area contributed by atoms with Crippen LogP contribution in [0.25, 0.3) is 11.1 Å². The number of aliphatic carboxylic acids is 1. The van der Waals surface area contributed by atoms with Crippen LogP contribution in [0.2, 0.25) is 0 Å². The highest BCUT2D eigenvalue weighted by molar-refractivity contribution is 6.00. The van der Waals surface area contributed by atoms with Gasteiger partial charge in [0.25, 0.3) is 0 Å². The predicted molar refractivity (Wildman–Crippen MR) is 307 cm³/mol. The number of hydrogen-bond donors (Lipinski definition) is 4. The molecule has 15 heteroatoms. The van der Waals surface area contributed by atoms with E-state index in [2.05, 4.69) is 47.1 Å². The number of amides is 4. The van der Waals surface area contributed by atoms with Crippen LogP contribution < -0.4 is 16.0 Å². The Kier molecular flexibility index (Phi) is 23.5. The number of benzene rings is 5. The van der Waals surface area contributed by atoms with Crippen molar-refractivity contribution < 1.29 is 53.0 Å². The van der Waals surface area contributed by atoms with Crippen LogP contribution in [-0.2, 0) is 55.1 Å². The zero-order valence-electron chi connectivity index (χ0n) is 47.4. The first-order chi connectivity index (χ1) is 38.0. The minimum Gasteiger partial charge on any atom is -0.480 e. The van der Waals surface area contributed by atoms with Crippen LogP contribution in [0.15, 0.2) is 140 Å². The van der Waals surface area contributed by atoms with Crippen molar-refractivity contribution in [2.24, 2.45) is 11.8 Å². The number of rotatable bonds is 31. The predicted octanol–water partition coefficient (Wildman–Crippen LogP) is 9.41. The van der Waals surface area contributed by atoms with E-state index in [-0.39, 0.29) is 50.3 Å². The number of hydrogen-bond acceptors (Lipinski definition) is 10. The van der Waals surface area contributed by atoms with Gasteiger partial charge in [0.1, 0.15) is 17.4 Å². The number of carboxylic acids is 1. The van der Waals surface area contributed by atoms with Gasteiger partial charge in [-0.1, -0.05) is 160 Å². The molecule has 5 aromatic rings. The van der Waals surface area contributed by atoms with Gasteiger partial charge in [-0.15, -0.1) is 0 Å². The summed E-state index contributed by atoms with van der Waals surface area (Å²) in [4.78, 5) is 122. The summed E-state index contributed by atoms with van der Waals surface area (Å²) in [5, 5.41) is 18.5. The van der Waals surface area contributed by atoms with Gasteiger partial charge < -0.3 is 35.5 Å². The van der Waals surface area contributed by atoms with Crippen LogP contribution in [0.4, 0.5) is 0 Å². The van der Waals surface area contributed by atoms with Crippen LogP contribution in [0.5, 0.6) is 0 Å². The normalized spacial score (nSPS) is 13.3. The molecule has 0 aliphatic heterocycles. The van der Waals surface area contributed by atoms with E-state index >= 15 is 0 Å². The van der Waals surface area contributed by atoms with E-state index in [0.29, 0.717) is 22.3 Å². The monoisotopic (exact) mass is 1090 g/mol. The Morgan fingerprint density at radius 2 is 1.15 bits per heavy atom. The highest BCUT2D eigenvalue weighted by atomic mass is 16.5. The van der Waals surface area contributed by atoms with Gasteiger partial charge in [-0.2, -0.15) is 0 Å². The second-order valence-corrected chi connectivity index (χ2v) is 21.7. The fraction of sp³-hybridized carbons (Fsp3) is 0.400. The molecule has 4 amide bonds. The Labute approximate surface area is 470 Å². The molecule has 0 fully saturated rings. The maximum atomic E-state index is 14.1. The summed E-state index contributed by atoms with van der Waals surface area (Å²) in [7, 11) is 1.36. The number of ketones is 4. The molecule has 0 bridgehead atoms. The lowest BCUT2D eigenvalue weighted by Gasteiger charge is -2.37. The lowest BCUT2D eigenvalue weighted by atomic mass is 9.77. The van der Waals surface area contributed by atoms with E-state index in [0.717, 1.165) is 35.3 Å². The number of aryl methyl sites for hydroxylation is 1. The number of unbranched alkanes of at least 4 members (excludes halogenated alkanes) is 1. The third kappa shape index (κ3) is 18.3. The largest absolute Gasteiger partial charge is 0.480 e. The number of carbonyl (C=O) groups is 9. The van der Waals surface area contributed by atoms with Crippen LogP contribution in [0, 0.1) is 11.8 Å². The molecule has 0 heterocycles. The van der Waals surface area contributed by atoms with Crippen molar-refractivity contribution in [1.29, 1.82) is 0 Å². The molecule has 4 N–H and O–H groups in total. The molecule has 0 saturated carbocycles. The Morgan fingerprint density at radius 3 is 1.64 bits per heavy atom. The molecule has 15 nitrogen and oxygen atoms in total. The van der Waals surface area contributed by atoms with Gasteiger partial charge in [0.15, 0.2) is 17.3 Å². The third-order valence-corrected chi connectivity index (χ3v) is 14.2. The quantitative estimate of drug-likeness (QED) is 0.0242. The van der Waals surface area contributed by atoms with Gasteiger partial charge in [-0.25, -0.2) is 4.79 Å². The van der Waals surface area contributed by atoms with Crippen LogP contribution in [-0.4, -0.2) is 100 Å². The summed E-state index contributed by atoms with van der Waals surface area (Å²) in [5.41, 5.74) is 3.88. The summed E-state index contributed by atoms with van der Waals surface area (Å²) in [6.45, 7) is 11.8. The van der Waals surface area contributed by atoms with Crippen LogP contribution >= 0.6 is 0 Å². The van der Waals surface area contributed by atoms with E-state index in [1.807, 2.05) is 124 Å². The molecular formula is C65H78N4O11. The Morgan fingerprint density at radius 1 is 0.625 bits per heavy atom. The van der Waals surface area contributed by atoms with Gasteiger partial charge in [0.05, 0.1) is 36.6 Å². The number of carboxylic acid groups (broad SMARTS) is 1. The van der Waals surface area contributed by atoms with Gasteiger partial charge in [-0.3, -0.25) is 33.6 Å². The number of nitrogens with zero attached hydrogens (tertiary/aromatic N) is 1. The summed E-state index contributed by atoms with van der Waals surface area (Å²) in [6.07, 6.45) is 1.11. The Balaban J connectivity index is 1.19. The molecule has 80 heavy (non-hydrogen) atoms. The molecular weight excluding hydrogens is 1010 g/mol. The smallest absolute Gasteiger partial charge is 0.326 e. The van der Waals surface area contributed by atoms with Crippen molar-refractivity contribution in [2.75, 3.05) is 13.7 Å². The standard InChI is InChI=1S/C65H78N4O11/c1-9-10-20-46-28-30-47(31-29-46)48-32-34-49(35-33-48)57(72)40-50(42-80-64(5,6)7)62(77)66-45(4)56(71)37-38-60(75)69(8)55(36-27-44(3)70)58(73)39-43(2)61(76)67-54(63(78)79)41-59(74)68-65(51-21-14-11-15-22-51,52-23-16-12-17-24-52)53-25-18-13-19-26-53/h11-19,21-26,28-35,43,45,50,54-55H,9-10,20,27,36-42H2,1-8H3,(H,66,77)(H,67,76)(H,68,74)(H,78,79)/t43-,45-,50-,54+,55+/m1/s1. The summed E-state index contributed by atoms with van der Waals surface area (Å²) >= 11 is 0. The fourth-order valence-corrected chi connectivity index (χ4v) is 9.40. The summed E-state index contributed by atoms with van der Waals surface area (Å²) in [5.74, 6) is -7.85. The molecule has 0 saturated heterocycles. The summed E-state index contributed by atoms with van der Waals surface area (Å²) < 4.78 is 5.96. The number of ether oxygens (including phenoxy) is 1. The van der Waals surface area contributed by atoms with Gasteiger partial charge >= 0.3 is 5.97 Å². The summed E-state index contributed by atoms with van der Waals surface area (Å²) in [6, 6.07) is 39.3. The van der Waals surface area contributed by atoms with Crippen molar-refractivity contribution in [3.8, 4) is 11.1 Å². The molecule has 0 unspecified atom stereocenters. The van der Waals surface area contributed by atoms with Gasteiger partial charge in [0, 0.05) is 50.6 Å². The molecule has 5 aromatic carbocycles. The number of Topliss-reactive ketones (excluding diaryl/α,β-unsaturated/α-hetero) is 4. The van der Waals surface area contributed by atoms with Gasteiger partial charge in [-0.05, 0) is 87.3 Å². The SMILES string of the molecule is CCCCc1ccc(-c2ccc(C(=O)C[C@H](COC(C)(C)C)C(=O)N[C@H](C)C(=O)CCC(=O)N(C)[C@@H](CCC(C)=O)C(=O)C[C@@H](C)C(=O)N[C@@H](CC(=O)NC(c3ccccc3)(c3ccccc3)c3ccccc3)C(=O)O)cc2)cc1. The Hall–Kier alpha value is -7.91. The maximum Gasteiger partial charge on any atom is 0.326 e. The molecule has 5 atom stereocenters. The second-order valence-electron chi connectivity index (χ2n) is 21.7. The zero-order chi connectivity index (χ0) is 58.6. The molecule has 5 rings (SSSR count). The van der Waals surface area contributed by atoms with Crippen LogP contribution in [0.1, 0.15) is 139 Å². The minimum absolute atomic E-state index is 0.0786. The minimum atomic E-state index is -1.69. The fourth-order valence-electron chi connectivity index (χ4n) is 9.40. The highest BCUT2D eigenvalue weighted by Gasteiger charge is 2.39. The van der Waals surface area contributed by atoms with Crippen molar-refractivity contribution in [1.82, 2.24) is 20.9 Å². The lowest BCUT2D eigenvalue weighted by molar-refractivity contribution is -0.144. The van der Waals surface area contributed by atoms with E-state index in [9.17, 15) is 48.3 Å². The van der Waals surface area contributed by atoms with Crippen molar-refractivity contribution in [3.63, 3.8) is 0 Å². The number of nitrogens with one attached hydrogen (secondary N) is 3. The highest BCUT2D eigenvalue weighted by Crippen LogP contribution is 2.37. The Bertz CT molecular complexity index is 2810. The first-order valence-corrected chi connectivity index (χ1v) is 27.5. The number of likely N-dealkylation sites (N-methyl/N-ethyl adjacent to an activating group) is 1. The van der Waals surface area contributed by atoms with Crippen molar-refractivity contribution in [3.05, 3.63) is 167 Å². The molecule has 0 aromatic heterocycles. The maximum absolute atomic E-state index is 14.1. The van der Waals surface area contributed by atoms with E-state index in [1.54, 1.807) is 12.1 Å². The van der Waals surface area contributed by atoms with E-state index in [4.69, 9.17) is 4.74 Å². The number of carbonyl (C=O) groups excluding carboxylic acids is 8. The molecule has 0 spiro atoms. The van der Waals surface area contributed by atoms with Crippen molar-refractivity contribution >= 4 is 52.7 Å². The first kappa shape index (κ1) is 62.9. The molecule has 424 valence electrons.